The van der Waals surface area contributed by atoms with Gasteiger partial charge in [-0.3, -0.25) is 9.59 Å². The van der Waals surface area contributed by atoms with Crippen molar-refractivity contribution in [2.45, 2.75) is 13.3 Å². The first kappa shape index (κ1) is 38.5. The van der Waals surface area contributed by atoms with Crippen molar-refractivity contribution >= 4 is 46.7 Å². The first-order valence-corrected chi connectivity index (χ1v) is 16.9. The van der Waals surface area contributed by atoms with E-state index in [2.05, 4.69) is 48.5 Å². The molecule has 0 bridgehead atoms. The van der Waals surface area contributed by atoms with Gasteiger partial charge in [0.2, 0.25) is 17.8 Å². The summed E-state index contributed by atoms with van der Waals surface area (Å²) < 4.78 is 22.1. The van der Waals surface area contributed by atoms with Crippen molar-refractivity contribution in [1.82, 2.24) is 25.6 Å². The summed E-state index contributed by atoms with van der Waals surface area (Å²) in [5.74, 6) is 0.592. The molecule has 0 aliphatic rings. The van der Waals surface area contributed by atoms with E-state index < -0.39 is 0 Å². The molecule has 0 aliphatic heterocycles. The Labute approximate surface area is 298 Å². The molecular formula is C36H47N9O6. The zero-order chi connectivity index (χ0) is 35.9. The molecule has 0 saturated carbocycles. The summed E-state index contributed by atoms with van der Waals surface area (Å²) in [6.07, 6.45) is 0.969. The fourth-order valence-corrected chi connectivity index (χ4v) is 4.39. The van der Waals surface area contributed by atoms with Crippen molar-refractivity contribution in [2.24, 2.45) is 0 Å². The molecule has 4 rings (SSSR count). The monoisotopic (exact) mass is 701 g/mol. The van der Waals surface area contributed by atoms with Crippen LogP contribution in [0, 0.1) is 0 Å². The lowest BCUT2D eigenvalue weighted by atomic mass is 10.2. The van der Waals surface area contributed by atoms with Gasteiger partial charge >= 0.3 is 0 Å². The summed E-state index contributed by atoms with van der Waals surface area (Å²) in [5.41, 5.74) is 9.02. The Morgan fingerprint density at radius 3 is 1.53 bits per heavy atom. The van der Waals surface area contributed by atoms with E-state index in [4.69, 9.17) is 24.7 Å². The number of nitrogens with two attached hydrogens (primary N) is 1. The number of carbonyl (C=O) groups is 2. The zero-order valence-corrected chi connectivity index (χ0v) is 28.9. The summed E-state index contributed by atoms with van der Waals surface area (Å²) in [4.78, 5) is 38.1. The highest BCUT2D eigenvalue weighted by atomic mass is 16.5. The van der Waals surface area contributed by atoms with Gasteiger partial charge < -0.3 is 51.3 Å². The number of nitrogens with zero attached hydrogens (tertiary/aromatic N) is 3. The molecule has 0 spiro atoms. The van der Waals surface area contributed by atoms with Crippen molar-refractivity contribution < 1.29 is 28.5 Å². The Morgan fingerprint density at radius 1 is 0.549 bits per heavy atom. The molecule has 0 fully saturated rings. The van der Waals surface area contributed by atoms with Crippen LogP contribution < -0.4 is 32.3 Å². The Bertz CT molecular complexity index is 1600. The summed E-state index contributed by atoms with van der Waals surface area (Å²) >= 11 is 0. The Balaban J connectivity index is 1.21. The number of hydrogen-bond donors (Lipinski definition) is 6. The van der Waals surface area contributed by atoms with Crippen molar-refractivity contribution in [1.29, 1.82) is 0 Å². The van der Waals surface area contributed by atoms with E-state index in [1.165, 1.54) is 0 Å². The predicted molar refractivity (Wildman–Crippen MR) is 197 cm³/mol. The van der Waals surface area contributed by atoms with Crippen molar-refractivity contribution in [3.63, 3.8) is 0 Å². The third-order valence-corrected chi connectivity index (χ3v) is 6.93. The number of nitrogen functional groups attached to an aromatic ring is 1. The molecule has 51 heavy (non-hydrogen) atoms. The number of hydrogen-bond acceptors (Lipinski definition) is 13. The Hall–Kier alpha value is -5.35. The van der Waals surface area contributed by atoms with Crippen molar-refractivity contribution in [2.75, 3.05) is 94.2 Å². The molecule has 15 heteroatoms. The minimum atomic E-state index is -0.199. The lowest BCUT2D eigenvalue weighted by Gasteiger charge is -2.12. The first-order valence-electron chi connectivity index (χ1n) is 16.9. The van der Waals surface area contributed by atoms with Gasteiger partial charge in [-0.2, -0.15) is 15.0 Å². The maximum atomic E-state index is 12.6. The van der Waals surface area contributed by atoms with Crippen LogP contribution in [0.4, 0.5) is 34.9 Å². The highest BCUT2D eigenvalue weighted by Crippen LogP contribution is 2.20. The number of nitrogens with one attached hydrogen (secondary N) is 5. The van der Waals surface area contributed by atoms with Gasteiger partial charge in [-0.1, -0.05) is 25.1 Å². The molecule has 3 aromatic carbocycles. The summed E-state index contributed by atoms with van der Waals surface area (Å²) in [5, 5.41) is 15.2. The molecule has 0 saturated heterocycles. The summed E-state index contributed by atoms with van der Waals surface area (Å²) in [6, 6.07) is 23.2. The van der Waals surface area contributed by atoms with Crippen LogP contribution in [0.15, 0.2) is 78.9 Å². The molecule has 0 aliphatic carbocycles. The molecular weight excluding hydrogens is 654 g/mol. The van der Waals surface area contributed by atoms with Gasteiger partial charge in [0.15, 0.2) is 0 Å². The second-order valence-corrected chi connectivity index (χ2v) is 11.0. The largest absolute Gasteiger partial charge is 0.399 e. The maximum Gasteiger partial charge on any atom is 0.251 e. The van der Waals surface area contributed by atoms with Crippen LogP contribution in [0.3, 0.4) is 0 Å². The molecule has 1 aromatic heterocycles. The summed E-state index contributed by atoms with van der Waals surface area (Å²) in [7, 11) is 0. The lowest BCUT2D eigenvalue weighted by molar-refractivity contribution is 0.0485. The average molecular weight is 702 g/mol. The van der Waals surface area contributed by atoms with E-state index in [0.29, 0.717) is 107 Å². The lowest BCUT2D eigenvalue weighted by Crippen LogP contribution is -2.27. The number of amides is 2. The van der Waals surface area contributed by atoms with Gasteiger partial charge in [-0.05, 0) is 67.1 Å². The minimum absolute atomic E-state index is 0.134. The summed E-state index contributed by atoms with van der Waals surface area (Å²) in [6.45, 7) is 6.98. The smallest absolute Gasteiger partial charge is 0.251 e. The van der Waals surface area contributed by atoms with E-state index >= 15 is 0 Å². The van der Waals surface area contributed by atoms with Gasteiger partial charge in [0.05, 0.1) is 46.2 Å². The van der Waals surface area contributed by atoms with Gasteiger partial charge in [0.1, 0.15) is 0 Å². The fraction of sp³-hybridized carbons (Fsp3) is 0.361. The van der Waals surface area contributed by atoms with Crippen molar-refractivity contribution in [3.05, 3.63) is 90.0 Å². The van der Waals surface area contributed by atoms with Crippen LogP contribution >= 0.6 is 0 Å². The molecule has 15 nitrogen and oxygen atoms in total. The normalized spacial score (nSPS) is 10.8. The van der Waals surface area contributed by atoms with Crippen LogP contribution in [0.5, 0.6) is 0 Å². The molecule has 4 aromatic rings. The molecule has 272 valence electrons. The van der Waals surface area contributed by atoms with Crippen LogP contribution in [-0.2, 0) is 18.9 Å². The van der Waals surface area contributed by atoms with Gasteiger partial charge in [-0.25, -0.2) is 0 Å². The number of anilines is 6. The van der Waals surface area contributed by atoms with Crippen LogP contribution in [0.25, 0.3) is 0 Å². The molecule has 0 unspecified atom stereocenters. The van der Waals surface area contributed by atoms with E-state index in [9.17, 15) is 9.59 Å². The van der Waals surface area contributed by atoms with E-state index in [-0.39, 0.29) is 17.8 Å². The minimum Gasteiger partial charge on any atom is -0.399 e. The maximum absolute atomic E-state index is 12.6. The van der Waals surface area contributed by atoms with Gasteiger partial charge in [0.25, 0.3) is 11.8 Å². The molecule has 0 radical (unpaired) electrons. The number of carbonyl (C=O) groups excluding carboxylic acids is 2. The van der Waals surface area contributed by atoms with Gasteiger partial charge in [-0.15, -0.1) is 0 Å². The number of ether oxygens (including phenoxy) is 4. The van der Waals surface area contributed by atoms with Crippen LogP contribution in [-0.4, -0.2) is 99.3 Å². The highest BCUT2D eigenvalue weighted by molar-refractivity contribution is 5.94. The first-order chi connectivity index (χ1) is 25.0. The van der Waals surface area contributed by atoms with Gasteiger partial charge in [0, 0.05) is 54.4 Å². The Kier molecular flexibility index (Phi) is 16.9. The second-order valence-electron chi connectivity index (χ2n) is 11.0. The molecule has 7 N–H and O–H groups in total. The van der Waals surface area contributed by atoms with Crippen molar-refractivity contribution in [3.8, 4) is 0 Å². The Morgan fingerprint density at radius 2 is 1.00 bits per heavy atom. The van der Waals surface area contributed by atoms with Crippen LogP contribution in [0.2, 0.25) is 0 Å². The molecule has 0 atom stereocenters. The topological polar surface area (TPSA) is 196 Å². The SMILES string of the molecule is CCCOCCOCCNC(=O)c1ccc(Nc2nc(NCCOCCOCCNC(=O)c3ccccc3)nc(Nc3ccc(N)cc3)n2)cc1. The molecule has 1 heterocycles. The quantitative estimate of drug-likeness (QED) is 0.0454. The fourth-order valence-electron chi connectivity index (χ4n) is 4.39. The third kappa shape index (κ3) is 15.0. The number of benzene rings is 3. The third-order valence-electron chi connectivity index (χ3n) is 6.93. The van der Waals surface area contributed by atoms with E-state index in [0.717, 1.165) is 12.1 Å². The molecule has 2 amide bonds. The predicted octanol–water partition coefficient (Wildman–Crippen LogP) is 3.99. The highest BCUT2D eigenvalue weighted by Gasteiger charge is 2.10. The number of aromatic nitrogens is 3. The number of rotatable bonds is 24. The standard InChI is InChI=1S/C36H47N9O6/c1-2-19-48-23-24-49-21-17-39-33(47)28-8-12-30(13-9-28)41-35-43-34(44-36(45-35)42-31-14-10-29(37)11-15-31)40-18-22-51-26-25-50-20-16-38-32(46)27-6-4-3-5-7-27/h3-15H,2,16-26,37H2,1H3,(H,38,46)(H,39,47)(H3,40,41,42,43,44,45). The van der Waals surface area contributed by atoms with E-state index in [1.807, 2.05) is 30.3 Å². The zero-order valence-electron chi connectivity index (χ0n) is 28.9. The second kappa shape index (κ2) is 22.4. The average Bonchev–Trinajstić information content (AvgIpc) is 3.15. The van der Waals surface area contributed by atoms with E-state index in [1.54, 1.807) is 48.5 Å². The van der Waals surface area contributed by atoms with Crippen LogP contribution in [0.1, 0.15) is 34.1 Å².